The summed E-state index contributed by atoms with van der Waals surface area (Å²) < 4.78 is 10.00. The molecule has 0 atom stereocenters. The predicted molar refractivity (Wildman–Crippen MR) is 85.1 cm³/mol. The Balaban J connectivity index is 1.65. The van der Waals surface area contributed by atoms with Crippen molar-refractivity contribution in [2.24, 2.45) is 0 Å². The zero-order valence-corrected chi connectivity index (χ0v) is 13.4. The van der Waals surface area contributed by atoms with Gasteiger partial charge in [0.15, 0.2) is 5.57 Å². The number of hydrogen-bond donors (Lipinski definition) is 2. The quantitative estimate of drug-likeness (QED) is 0.343. The molecule has 0 aliphatic carbocycles. The molecule has 0 aromatic heterocycles. The van der Waals surface area contributed by atoms with Crippen LogP contribution in [0.2, 0.25) is 0 Å². The number of cyclic esters (lactones) is 2. The van der Waals surface area contributed by atoms with Gasteiger partial charge in [0.2, 0.25) is 0 Å². The van der Waals surface area contributed by atoms with Crippen LogP contribution in [0.4, 0.5) is 0 Å². The van der Waals surface area contributed by atoms with Crippen LogP contribution in [0.25, 0.3) is 0 Å². The molecule has 2 rings (SSSR count). The van der Waals surface area contributed by atoms with Gasteiger partial charge in [-0.05, 0) is 18.5 Å². The van der Waals surface area contributed by atoms with Crippen LogP contribution in [0.15, 0.2) is 42.1 Å². The van der Waals surface area contributed by atoms with Crippen molar-refractivity contribution in [3.8, 4) is 0 Å². The van der Waals surface area contributed by atoms with Crippen LogP contribution in [0.3, 0.4) is 0 Å². The van der Waals surface area contributed by atoms with Gasteiger partial charge in [-0.25, -0.2) is 9.59 Å². The van der Waals surface area contributed by atoms with Crippen LogP contribution < -0.4 is 10.6 Å². The van der Waals surface area contributed by atoms with Gasteiger partial charge in [-0.15, -0.1) is 0 Å². The van der Waals surface area contributed by atoms with E-state index in [1.165, 1.54) is 25.6 Å². The standard InChI is InChI=1S/C17H22N2O4/c1-17(2)22-15(20)14(16(21)23-17)12-19-10-6-9-18-11-13-7-4-3-5-8-13/h3-5,7-8,12,18-19H,6,9-11H2,1-2H3. The highest BCUT2D eigenvalue weighted by molar-refractivity contribution is 6.15. The minimum Gasteiger partial charge on any atom is -0.419 e. The number of ether oxygens (including phenoxy) is 2. The molecule has 0 unspecified atom stereocenters. The molecule has 124 valence electrons. The summed E-state index contributed by atoms with van der Waals surface area (Å²) in [6, 6.07) is 10.1. The molecule has 0 amide bonds. The number of carbonyl (C=O) groups excluding carboxylic acids is 2. The Labute approximate surface area is 135 Å². The summed E-state index contributed by atoms with van der Waals surface area (Å²) in [5.41, 5.74) is 1.12. The molecule has 1 aromatic carbocycles. The van der Waals surface area contributed by atoms with E-state index < -0.39 is 17.7 Å². The molecule has 0 spiro atoms. The summed E-state index contributed by atoms with van der Waals surface area (Å²) in [5.74, 6) is -2.53. The smallest absolute Gasteiger partial charge is 0.350 e. The van der Waals surface area contributed by atoms with Crippen molar-refractivity contribution in [2.45, 2.75) is 32.6 Å². The summed E-state index contributed by atoms with van der Waals surface area (Å²) in [6.07, 6.45) is 2.21. The maximum Gasteiger partial charge on any atom is 0.350 e. The molecule has 0 bridgehead atoms. The molecule has 1 fully saturated rings. The van der Waals surface area contributed by atoms with Crippen molar-refractivity contribution < 1.29 is 19.1 Å². The van der Waals surface area contributed by atoms with Gasteiger partial charge < -0.3 is 20.1 Å². The molecule has 6 heteroatoms. The number of rotatable bonds is 7. The van der Waals surface area contributed by atoms with Gasteiger partial charge in [-0.1, -0.05) is 30.3 Å². The minimum absolute atomic E-state index is 0.110. The Morgan fingerprint density at radius 2 is 1.70 bits per heavy atom. The highest BCUT2D eigenvalue weighted by Crippen LogP contribution is 2.21. The monoisotopic (exact) mass is 318 g/mol. The zero-order chi connectivity index (χ0) is 16.7. The fourth-order valence-corrected chi connectivity index (χ4v) is 2.10. The lowest BCUT2D eigenvalue weighted by atomic mass is 10.2. The predicted octanol–water partition coefficient (Wildman–Crippen LogP) is 1.48. The molecule has 0 radical (unpaired) electrons. The van der Waals surface area contributed by atoms with Crippen LogP contribution >= 0.6 is 0 Å². The van der Waals surface area contributed by atoms with Crippen LogP contribution in [0, 0.1) is 0 Å². The summed E-state index contributed by atoms with van der Waals surface area (Å²) in [4.78, 5) is 23.4. The van der Waals surface area contributed by atoms with E-state index in [-0.39, 0.29) is 5.57 Å². The Bertz CT molecular complexity index is 560. The molecule has 23 heavy (non-hydrogen) atoms. The van der Waals surface area contributed by atoms with Gasteiger partial charge in [0.05, 0.1) is 0 Å². The second-order valence-corrected chi connectivity index (χ2v) is 5.71. The summed E-state index contributed by atoms with van der Waals surface area (Å²) in [5, 5.41) is 6.26. The van der Waals surface area contributed by atoms with Crippen molar-refractivity contribution in [1.82, 2.24) is 10.6 Å². The van der Waals surface area contributed by atoms with Gasteiger partial charge in [-0.3, -0.25) is 0 Å². The Kier molecular flexibility index (Phi) is 5.76. The zero-order valence-electron chi connectivity index (χ0n) is 13.4. The van der Waals surface area contributed by atoms with E-state index in [1.54, 1.807) is 0 Å². The van der Waals surface area contributed by atoms with E-state index in [2.05, 4.69) is 22.8 Å². The van der Waals surface area contributed by atoms with Gasteiger partial charge in [0.25, 0.3) is 5.79 Å². The second-order valence-electron chi connectivity index (χ2n) is 5.71. The Morgan fingerprint density at radius 1 is 1.04 bits per heavy atom. The minimum atomic E-state index is -1.20. The van der Waals surface area contributed by atoms with Crippen LogP contribution in [-0.4, -0.2) is 30.8 Å². The lowest BCUT2D eigenvalue weighted by Gasteiger charge is -2.29. The third kappa shape index (κ3) is 5.41. The summed E-state index contributed by atoms with van der Waals surface area (Å²) in [6.45, 7) is 5.31. The second kappa shape index (κ2) is 7.78. The van der Waals surface area contributed by atoms with E-state index in [4.69, 9.17) is 9.47 Å². The third-order valence-electron chi connectivity index (χ3n) is 3.21. The molecule has 6 nitrogen and oxygen atoms in total. The van der Waals surface area contributed by atoms with Gasteiger partial charge >= 0.3 is 11.9 Å². The normalized spacial score (nSPS) is 16.5. The van der Waals surface area contributed by atoms with E-state index in [9.17, 15) is 9.59 Å². The fourth-order valence-electron chi connectivity index (χ4n) is 2.10. The first-order valence-corrected chi connectivity index (χ1v) is 7.63. The first-order valence-electron chi connectivity index (χ1n) is 7.63. The number of benzene rings is 1. The van der Waals surface area contributed by atoms with E-state index in [1.807, 2.05) is 18.2 Å². The molecule has 1 heterocycles. The molecule has 2 N–H and O–H groups in total. The summed E-state index contributed by atoms with van der Waals surface area (Å²) >= 11 is 0. The molecular weight excluding hydrogens is 296 g/mol. The number of nitrogens with one attached hydrogen (secondary N) is 2. The topological polar surface area (TPSA) is 76.7 Å². The lowest BCUT2D eigenvalue weighted by molar-refractivity contribution is -0.222. The van der Waals surface area contributed by atoms with Crippen molar-refractivity contribution in [2.75, 3.05) is 13.1 Å². The third-order valence-corrected chi connectivity index (χ3v) is 3.21. The number of hydrogen-bond acceptors (Lipinski definition) is 6. The Morgan fingerprint density at radius 3 is 2.35 bits per heavy atom. The maximum atomic E-state index is 11.7. The molecule has 1 saturated heterocycles. The van der Waals surface area contributed by atoms with E-state index in [0.717, 1.165) is 19.5 Å². The lowest BCUT2D eigenvalue weighted by Crippen LogP contribution is -2.42. The van der Waals surface area contributed by atoms with Crippen molar-refractivity contribution in [3.63, 3.8) is 0 Å². The average molecular weight is 318 g/mol. The van der Waals surface area contributed by atoms with Gasteiger partial charge in [0, 0.05) is 33.1 Å². The van der Waals surface area contributed by atoms with Gasteiger partial charge in [-0.2, -0.15) is 0 Å². The van der Waals surface area contributed by atoms with E-state index >= 15 is 0 Å². The van der Waals surface area contributed by atoms with Crippen LogP contribution in [-0.2, 0) is 25.6 Å². The number of carbonyl (C=O) groups is 2. The molecule has 1 aliphatic heterocycles. The van der Waals surface area contributed by atoms with Crippen molar-refractivity contribution >= 4 is 11.9 Å². The van der Waals surface area contributed by atoms with Gasteiger partial charge in [0.1, 0.15) is 0 Å². The van der Waals surface area contributed by atoms with Crippen molar-refractivity contribution in [3.05, 3.63) is 47.7 Å². The molecular formula is C17H22N2O4. The van der Waals surface area contributed by atoms with E-state index in [0.29, 0.717) is 6.54 Å². The molecule has 0 saturated carbocycles. The highest BCUT2D eigenvalue weighted by Gasteiger charge is 2.38. The summed E-state index contributed by atoms with van der Waals surface area (Å²) in [7, 11) is 0. The fraction of sp³-hybridized carbons (Fsp3) is 0.412. The maximum absolute atomic E-state index is 11.7. The Hall–Kier alpha value is -2.34. The SMILES string of the molecule is CC1(C)OC(=O)C(=CNCCCNCc2ccccc2)C(=O)O1. The first-order chi connectivity index (χ1) is 11.0. The average Bonchev–Trinajstić information content (AvgIpc) is 2.48. The number of esters is 2. The van der Waals surface area contributed by atoms with Crippen molar-refractivity contribution in [1.29, 1.82) is 0 Å². The highest BCUT2D eigenvalue weighted by atomic mass is 16.7. The van der Waals surface area contributed by atoms with Crippen LogP contribution in [0.1, 0.15) is 25.8 Å². The first kappa shape index (κ1) is 17.0. The van der Waals surface area contributed by atoms with Crippen LogP contribution in [0.5, 0.6) is 0 Å². The largest absolute Gasteiger partial charge is 0.419 e. The molecule has 1 aromatic rings. The molecule has 1 aliphatic rings.